The molecule has 0 aliphatic carbocycles. The van der Waals surface area contributed by atoms with Crippen LogP contribution in [0.25, 0.3) is 5.78 Å². The molecule has 0 spiro atoms. The Balaban J connectivity index is 1.90. The third kappa shape index (κ3) is 3.74. The van der Waals surface area contributed by atoms with Crippen molar-refractivity contribution in [1.29, 1.82) is 0 Å². The van der Waals surface area contributed by atoms with Crippen LogP contribution in [0.5, 0.6) is 0 Å². The molecule has 0 saturated carbocycles. The second kappa shape index (κ2) is 7.64. The lowest BCUT2D eigenvalue weighted by atomic mass is 10.1. The summed E-state index contributed by atoms with van der Waals surface area (Å²) in [5, 5.41) is 4.55. The van der Waals surface area contributed by atoms with Crippen LogP contribution < -0.4 is 0 Å². The van der Waals surface area contributed by atoms with E-state index in [4.69, 9.17) is 0 Å². The maximum atomic E-state index is 13.1. The normalized spacial score (nSPS) is 11.1. The van der Waals surface area contributed by atoms with Gasteiger partial charge in [0.05, 0.1) is 6.54 Å². The monoisotopic (exact) mass is 351 g/mol. The van der Waals surface area contributed by atoms with E-state index in [9.17, 15) is 4.79 Å². The topological polar surface area (TPSA) is 63.4 Å². The number of rotatable bonds is 6. The molecule has 2 aromatic heterocycles. The Hall–Kier alpha value is -2.76. The Morgan fingerprint density at radius 3 is 2.65 bits per heavy atom. The minimum Gasteiger partial charge on any atom is -0.331 e. The second-order valence-electron chi connectivity index (χ2n) is 6.67. The molecule has 2 heterocycles. The van der Waals surface area contributed by atoms with Gasteiger partial charge in [0.25, 0.3) is 11.7 Å². The molecule has 0 aliphatic heterocycles. The van der Waals surface area contributed by atoms with E-state index in [0.717, 1.165) is 35.4 Å². The van der Waals surface area contributed by atoms with E-state index in [1.807, 2.05) is 56.0 Å². The Labute approximate surface area is 153 Å². The lowest BCUT2D eigenvalue weighted by molar-refractivity contribution is 0.0736. The smallest absolute Gasteiger partial charge is 0.254 e. The fraction of sp³-hybridized carbons (Fsp3) is 0.400. The van der Waals surface area contributed by atoms with Crippen molar-refractivity contribution in [2.45, 2.75) is 47.1 Å². The first-order valence-electron chi connectivity index (χ1n) is 9.04. The van der Waals surface area contributed by atoms with E-state index in [1.54, 1.807) is 4.52 Å². The van der Waals surface area contributed by atoms with Gasteiger partial charge in [-0.2, -0.15) is 4.98 Å². The molecule has 1 aromatic carbocycles. The number of amides is 1. The fourth-order valence-electron chi connectivity index (χ4n) is 3.03. The summed E-state index contributed by atoms with van der Waals surface area (Å²) < 4.78 is 1.73. The van der Waals surface area contributed by atoms with E-state index < -0.39 is 0 Å². The SMILES string of the molecule is CCCCN(Cc1nc2nc(C)cc(C)n2n1)C(=O)c1ccccc1C. The van der Waals surface area contributed by atoms with E-state index in [2.05, 4.69) is 22.0 Å². The zero-order chi connectivity index (χ0) is 18.7. The molecule has 0 aliphatic rings. The first kappa shape index (κ1) is 18.0. The first-order chi connectivity index (χ1) is 12.5. The summed E-state index contributed by atoms with van der Waals surface area (Å²) in [5.74, 6) is 1.22. The van der Waals surface area contributed by atoms with Crippen LogP contribution in [0.1, 0.15) is 52.9 Å². The van der Waals surface area contributed by atoms with Crippen molar-refractivity contribution in [2.24, 2.45) is 0 Å². The summed E-state index contributed by atoms with van der Waals surface area (Å²) >= 11 is 0. The van der Waals surface area contributed by atoms with Crippen LogP contribution in [0.15, 0.2) is 30.3 Å². The molecule has 0 unspecified atom stereocenters. The highest BCUT2D eigenvalue weighted by molar-refractivity contribution is 5.95. The molecule has 1 amide bonds. The number of fused-ring (bicyclic) bond motifs is 1. The number of hydrogen-bond acceptors (Lipinski definition) is 4. The largest absolute Gasteiger partial charge is 0.331 e. The van der Waals surface area contributed by atoms with Gasteiger partial charge in [-0.05, 0) is 44.9 Å². The highest BCUT2D eigenvalue weighted by Gasteiger charge is 2.19. The van der Waals surface area contributed by atoms with Gasteiger partial charge < -0.3 is 4.90 Å². The average Bonchev–Trinajstić information content (AvgIpc) is 3.01. The molecule has 6 heteroatoms. The van der Waals surface area contributed by atoms with Crippen LogP contribution in [0.3, 0.4) is 0 Å². The van der Waals surface area contributed by atoms with Gasteiger partial charge in [-0.3, -0.25) is 4.79 Å². The fourth-order valence-corrected chi connectivity index (χ4v) is 3.03. The third-order valence-corrected chi connectivity index (χ3v) is 4.44. The summed E-state index contributed by atoms with van der Waals surface area (Å²) in [4.78, 5) is 23.9. The summed E-state index contributed by atoms with van der Waals surface area (Å²) in [7, 11) is 0. The predicted molar refractivity (Wildman–Crippen MR) is 101 cm³/mol. The van der Waals surface area contributed by atoms with E-state index in [0.29, 0.717) is 24.7 Å². The molecule has 3 aromatic rings. The summed E-state index contributed by atoms with van der Waals surface area (Å²) in [5.41, 5.74) is 3.61. The predicted octanol–water partition coefficient (Wildman–Crippen LogP) is 3.49. The Kier molecular flexibility index (Phi) is 5.30. The molecule has 3 rings (SSSR count). The minimum atomic E-state index is 0.0243. The lowest BCUT2D eigenvalue weighted by Crippen LogP contribution is -2.32. The van der Waals surface area contributed by atoms with Gasteiger partial charge in [-0.1, -0.05) is 31.5 Å². The van der Waals surface area contributed by atoms with Gasteiger partial charge in [0.1, 0.15) is 0 Å². The maximum Gasteiger partial charge on any atom is 0.254 e. The lowest BCUT2D eigenvalue weighted by Gasteiger charge is -2.22. The van der Waals surface area contributed by atoms with Crippen LogP contribution in [0, 0.1) is 20.8 Å². The van der Waals surface area contributed by atoms with Gasteiger partial charge in [0, 0.05) is 23.5 Å². The van der Waals surface area contributed by atoms with Gasteiger partial charge in [0.2, 0.25) is 0 Å². The maximum absolute atomic E-state index is 13.1. The summed E-state index contributed by atoms with van der Waals surface area (Å²) in [6.45, 7) is 9.07. The Bertz CT molecular complexity index is 931. The van der Waals surface area contributed by atoms with E-state index in [-0.39, 0.29) is 5.91 Å². The van der Waals surface area contributed by atoms with Crippen molar-refractivity contribution in [3.63, 3.8) is 0 Å². The zero-order valence-electron chi connectivity index (χ0n) is 15.9. The van der Waals surface area contributed by atoms with E-state index >= 15 is 0 Å². The van der Waals surface area contributed by atoms with Crippen LogP contribution in [0.2, 0.25) is 0 Å². The second-order valence-corrected chi connectivity index (χ2v) is 6.67. The molecule has 26 heavy (non-hydrogen) atoms. The summed E-state index contributed by atoms with van der Waals surface area (Å²) in [6, 6.07) is 9.66. The van der Waals surface area contributed by atoms with Crippen molar-refractivity contribution in [1.82, 2.24) is 24.5 Å². The van der Waals surface area contributed by atoms with Crippen LogP contribution in [0.4, 0.5) is 0 Å². The zero-order valence-corrected chi connectivity index (χ0v) is 15.9. The van der Waals surface area contributed by atoms with Gasteiger partial charge in [-0.25, -0.2) is 9.50 Å². The molecule has 0 radical (unpaired) electrons. The standard InChI is InChI=1S/C20H25N5O/c1-5-6-11-24(19(26)17-10-8-7-9-14(17)2)13-18-22-20-21-15(3)12-16(4)25(20)23-18/h7-10,12H,5-6,11,13H2,1-4H3. The van der Waals surface area contributed by atoms with Crippen LogP contribution >= 0.6 is 0 Å². The number of carbonyl (C=O) groups excluding carboxylic acids is 1. The molecule has 0 N–H and O–H groups in total. The third-order valence-electron chi connectivity index (χ3n) is 4.44. The molecule has 0 bridgehead atoms. The quantitative estimate of drug-likeness (QED) is 0.682. The number of hydrogen-bond donors (Lipinski definition) is 0. The van der Waals surface area contributed by atoms with Crippen molar-refractivity contribution in [3.8, 4) is 0 Å². The van der Waals surface area contributed by atoms with E-state index in [1.165, 1.54) is 0 Å². The minimum absolute atomic E-state index is 0.0243. The Morgan fingerprint density at radius 2 is 1.92 bits per heavy atom. The molecule has 0 atom stereocenters. The average molecular weight is 351 g/mol. The number of aromatic nitrogens is 4. The van der Waals surface area contributed by atoms with Gasteiger partial charge >= 0.3 is 0 Å². The van der Waals surface area contributed by atoms with Crippen LogP contribution in [-0.4, -0.2) is 36.9 Å². The van der Waals surface area contributed by atoms with Gasteiger partial charge in [-0.15, -0.1) is 5.10 Å². The molecule has 0 fully saturated rings. The molecule has 0 saturated heterocycles. The molecule has 136 valence electrons. The molecular weight excluding hydrogens is 326 g/mol. The molecule has 6 nitrogen and oxygen atoms in total. The number of aryl methyl sites for hydroxylation is 3. The number of nitrogens with zero attached hydrogens (tertiary/aromatic N) is 5. The number of benzene rings is 1. The van der Waals surface area contributed by atoms with Crippen molar-refractivity contribution in [2.75, 3.05) is 6.54 Å². The highest BCUT2D eigenvalue weighted by Crippen LogP contribution is 2.14. The summed E-state index contributed by atoms with van der Waals surface area (Å²) in [6.07, 6.45) is 1.97. The van der Waals surface area contributed by atoms with Gasteiger partial charge in [0.15, 0.2) is 5.82 Å². The Morgan fingerprint density at radius 1 is 1.15 bits per heavy atom. The van der Waals surface area contributed by atoms with Crippen molar-refractivity contribution >= 4 is 11.7 Å². The van der Waals surface area contributed by atoms with Crippen molar-refractivity contribution in [3.05, 3.63) is 58.7 Å². The number of unbranched alkanes of at least 4 members (excludes halogenated alkanes) is 1. The van der Waals surface area contributed by atoms with Crippen molar-refractivity contribution < 1.29 is 4.79 Å². The first-order valence-corrected chi connectivity index (χ1v) is 9.04. The van der Waals surface area contributed by atoms with Crippen LogP contribution in [-0.2, 0) is 6.54 Å². The highest BCUT2D eigenvalue weighted by atomic mass is 16.2. The molecular formula is C20H25N5O. The number of carbonyl (C=O) groups is 1.